The van der Waals surface area contributed by atoms with Gasteiger partial charge in [0.05, 0.1) is 0 Å². The maximum Gasteiger partial charge on any atom is -0.00130 e. The van der Waals surface area contributed by atoms with Gasteiger partial charge in [0.25, 0.3) is 0 Å². The van der Waals surface area contributed by atoms with E-state index < -0.39 is 0 Å². The third-order valence-electron chi connectivity index (χ3n) is 5.87. The van der Waals surface area contributed by atoms with Crippen molar-refractivity contribution in [3.05, 3.63) is 108 Å². The Morgan fingerprint density at radius 3 is 2.26 bits per heavy atom. The SMILES string of the molecule is C1=C(c2cccc3c2ccc2ccccc23)Cc2cccc3cccc1c23. The number of hydrogen-bond acceptors (Lipinski definition) is 0. The highest BCUT2D eigenvalue weighted by Gasteiger charge is 2.16. The first-order valence-corrected chi connectivity index (χ1v) is 9.50. The minimum absolute atomic E-state index is 0.986. The molecule has 0 nitrogen and oxygen atoms in total. The summed E-state index contributed by atoms with van der Waals surface area (Å²) in [6, 6.07) is 33.2. The molecule has 0 unspecified atom stereocenters. The normalized spacial score (nSPS) is 13.3. The minimum Gasteiger partial charge on any atom is -0.0616 e. The Morgan fingerprint density at radius 1 is 0.519 bits per heavy atom. The lowest BCUT2D eigenvalue weighted by molar-refractivity contribution is 1.31. The van der Waals surface area contributed by atoms with Crippen molar-refractivity contribution in [3.63, 3.8) is 0 Å². The van der Waals surface area contributed by atoms with Gasteiger partial charge in [0.15, 0.2) is 0 Å². The van der Waals surface area contributed by atoms with Gasteiger partial charge in [-0.3, -0.25) is 0 Å². The summed E-state index contributed by atoms with van der Waals surface area (Å²) < 4.78 is 0. The lowest BCUT2D eigenvalue weighted by atomic mass is 9.84. The Labute approximate surface area is 158 Å². The summed E-state index contributed by atoms with van der Waals surface area (Å²) >= 11 is 0. The summed E-state index contributed by atoms with van der Waals surface area (Å²) in [6.45, 7) is 0. The summed E-state index contributed by atoms with van der Waals surface area (Å²) in [6.07, 6.45) is 3.37. The monoisotopic (exact) mass is 342 g/mol. The van der Waals surface area contributed by atoms with Gasteiger partial charge in [-0.25, -0.2) is 0 Å². The number of benzene rings is 5. The van der Waals surface area contributed by atoms with E-state index in [-0.39, 0.29) is 0 Å². The molecule has 0 spiro atoms. The number of fused-ring (bicyclic) bond motifs is 3. The summed E-state index contributed by atoms with van der Waals surface area (Å²) in [7, 11) is 0. The van der Waals surface area contributed by atoms with Crippen molar-refractivity contribution in [1.29, 1.82) is 0 Å². The van der Waals surface area contributed by atoms with Crippen molar-refractivity contribution in [2.75, 3.05) is 0 Å². The number of hydrogen-bond donors (Lipinski definition) is 0. The molecular weight excluding hydrogens is 324 g/mol. The summed E-state index contributed by atoms with van der Waals surface area (Å²) in [5, 5.41) is 8.06. The molecule has 0 aliphatic heterocycles. The molecule has 5 aromatic carbocycles. The molecule has 0 radical (unpaired) electrons. The fraction of sp³-hybridized carbons (Fsp3) is 0.0370. The highest BCUT2D eigenvalue weighted by molar-refractivity contribution is 6.12. The molecule has 0 heterocycles. The third kappa shape index (κ3) is 2.17. The van der Waals surface area contributed by atoms with Gasteiger partial charge in [-0.15, -0.1) is 0 Å². The minimum atomic E-state index is 0.986. The molecule has 0 N–H and O–H groups in total. The van der Waals surface area contributed by atoms with Crippen molar-refractivity contribution in [2.24, 2.45) is 0 Å². The van der Waals surface area contributed by atoms with E-state index in [9.17, 15) is 0 Å². The van der Waals surface area contributed by atoms with Crippen molar-refractivity contribution < 1.29 is 0 Å². The molecule has 126 valence electrons. The van der Waals surface area contributed by atoms with E-state index in [1.807, 2.05) is 0 Å². The van der Waals surface area contributed by atoms with Crippen LogP contribution in [0.25, 0.3) is 44.0 Å². The standard InChI is InChI=1S/C27H18/c1-2-11-23-18(6-1)14-15-26-24(12-5-13-25(23)26)22-16-20-9-3-7-19-8-4-10-21(17-22)27(19)20/h1-16H,17H2. The molecular formula is C27H18. The van der Waals surface area contributed by atoms with Gasteiger partial charge < -0.3 is 0 Å². The molecule has 0 heteroatoms. The number of allylic oxidation sites excluding steroid dienone is 1. The predicted molar refractivity (Wildman–Crippen MR) is 117 cm³/mol. The van der Waals surface area contributed by atoms with Gasteiger partial charge in [-0.05, 0) is 61.0 Å². The molecule has 0 aromatic heterocycles. The van der Waals surface area contributed by atoms with Crippen molar-refractivity contribution in [1.82, 2.24) is 0 Å². The highest BCUT2D eigenvalue weighted by atomic mass is 14.2. The first-order chi connectivity index (χ1) is 13.4. The zero-order valence-corrected chi connectivity index (χ0v) is 14.9. The van der Waals surface area contributed by atoms with Crippen LogP contribution in [0, 0.1) is 0 Å². The second kappa shape index (κ2) is 5.56. The maximum absolute atomic E-state index is 2.39. The van der Waals surface area contributed by atoms with Crippen LogP contribution >= 0.6 is 0 Å². The van der Waals surface area contributed by atoms with E-state index in [4.69, 9.17) is 0 Å². The van der Waals surface area contributed by atoms with Crippen LogP contribution in [0.5, 0.6) is 0 Å². The first kappa shape index (κ1) is 14.8. The van der Waals surface area contributed by atoms with Gasteiger partial charge >= 0.3 is 0 Å². The van der Waals surface area contributed by atoms with E-state index in [0.717, 1.165) is 6.42 Å². The average Bonchev–Trinajstić information content (AvgIpc) is 2.73. The average molecular weight is 342 g/mol. The molecule has 1 aliphatic carbocycles. The van der Waals surface area contributed by atoms with E-state index in [0.29, 0.717) is 0 Å². The second-order valence-electron chi connectivity index (χ2n) is 7.40. The van der Waals surface area contributed by atoms with E-state index in [2.05, 4.69) is 97.1 Å². The number of rotatable bonds is 1. The summed E-state index contributed by atoms with van der Waals surface area (Å²) in [5.41, 5.74) is 5.52. The van der Waals surface area contributed by atoms with Crippen LogP contribution < -0.4 is 0 Å². The molecule has 27 heavy (non-hydrogen) atoms. The molecule has 0 atom stereocenters. The first-order valence-electron chi connectivity index (χ1n) is 9.50. The van der Waals surface area contributed by atoms with E-state index >= 15 is 0 Å². The van der Waals surface area contributed by atoms with Crippen LogP contribution in [-0.4, -0.2) is 0 Å². The smallest absolute Gasteiger partial charge is 0.00130 e. The van der Waals surface area contributed by atoms with Gasteiger partial charge in [0, 0.05) is 0 Å². The maximum atomic E-state index is 2.39. The molecule has 0 fully saturated rings. The molecule has 0 saturated carbocycles. The fourth-order valence-corrected chi connectivity index (χ4v) is 4.65. The highest BCUT2D eigenvalue weighted by Crippen LogP contribution is 2.38. The van der Waals surface area contributed by atoms with Crippen molar-refractivity contribution >= 4 is 44.0 Å². The van der Waals surface area contributed by atoms with Crippen LogP contribution in [0.15, 0.2) is 91.0 Å². The topological polar surface area (TPSA) is 0 Å². The molecule has 0 amide bonds. The van der Waals surface area contributed by atoms with Gasteiger partial charge in [-0.1, -0.05) is 97.1 Å². The molecule has 6 rings (SSSR count). The van der Waals surface area contributed by atoms with Crippen LogP contribution in [0.3, 0.4) is 0 Å². The third-order valence-corrected chi connectivity index (χ3v) is 5.87. The van der Waals surface area contributed by atoms with E-state index in [1.165, 1.54) is 54.6 Å². The zero-order chi connectivity index (χ0) is 17.8. The molecule has 0 saturated heterocycles. The van der Waals surface area contributed by atoms with Crippen LogP contribution in [0.1, 0.15) is 16.7 Å². The van der Waals surface area contributed by atoms with Crippen molar-refractivity contribution in [2.45, 2.75) is 6.42 Å². The quantitative estimate of drug-likeness (QED) is 0.282. The van der Waals surface area contributed by atoms with Crippen LogP contribution in [0.4, 0.5) is 0 Å². The Morgan fingerprint density at radius 2 is 1.30 bits per heavy atom. The molecule has 0 bridgehead atoms. The fourth-order valence-electron chi connectivity index (χ4n) is 4.65. The van der Waals surface area contributed by atoms with Crippen LogP contribution in [0.2, 0.25) is 0 Å². The van der Waals surface area contributed by atoms with Crippen LogP contribution in [-0.2, 0) is 6.42 Å². The lowest BCUT2D eigenvalue weighted by Gasteiger charge is -2.20. The molecule has 5 aromatic rings. The Balaban J connectivity index is 1.64. The van der Waals surface area contributed by atoms with Crippen molar-refractivity contribution in [3.8, 4) is 0 Å². The Kier molecular flexibility index (Phi) is 3.04. The predicted octanol–water partition coefficient (Wildman–Crippen LogP) is 7.24. The largest absolute Gasteiger partial charge is 0.0616 e. The van der Waals surface area contributed by atoms with E-state index in [1.54, 1.807) is 0 Å². The second-order valence-corrected chi connectivity index (χ2v) is 7.40. The lowest BCUT2D eigenvalue weighted by Crippen LogP contribution is -1.99. The summed E-state index contributed by atoms with van der Waals surface area (Å²) in [4.78, 5) is 0. The Hall–Kier alpha value is -3.38. The summed E-state index contributed by atoms with van der Waals surface area (Å²) in [5.74, 6) is 0. The van der Waals surface area contributed by atoms with Gasteiger partial charge in [0.2, 0.25) is 0 Å². The molecule has 1 aliphatic rings. The van der Waals surface area contributed by atoms with Gasteiger partial charge in [-0.2, -0.15) is 0 Å². The Bertz CT molecular complexity index is 1380. The zero-order valence-electron chi connectivity index (χ0n) is 14.9. The van der Waals surface area contributed by atoms with Gasteiger partial charge in [0.1, 0.15) is 0 Å².